The summed E-state index contributed by atoms with van der Waals surface area (Å²) in [4.78, 5) is 18.0. The van der Waals surface area contributed by atoms with Gasteiger partial charge in [0.2, 0.25) is 4.83 Å². The number of hydrogen-bond donors (Lipinski definition) is 0. The van der Waals surface area contributed by atoms with E-state index in [0.29, 0.717) is 16.7 Å². The average molecular weight is 373 g/mol. The molecule has 3 aromatic heterocycles. The minimum atomic E-state index is -0.318. The number of hydrogen-bond acceptors (Lipinski definition) is 4. The van der Waals surface area contributed by atoms with Gasteiger partial charge in [-0.25, -0.2) is 0 Å². The third-order valence-corrected chi connectivity index (χ3v) is 5.94. The van der Waals surface area contributed by atoms with Crippen molar-refractivity contribution in [3.8, 4) is 11.6 Å². The molecule has 0 aliphatic carbocycles. The molecule has 0 amide bonds. The molecule has 0 saturated heterocycles. The second kappa shape index (κ2) is 5.62. The zero-order valence-electron chi connectivity index (χ0n) is 14.8. The molecule has 5 aromatic rings. The van der Waals surface area contributed by atoms with E-state index >= 15 is 0 Å². The molecule has 0 radical (unpaired) electrons. The van der Waals surface area contributed by atoms with Gasteiger partial charge in [0.05, 0.1) is 4.70 Å². The highest BCUT2D eigenvalue weighted by molar-refractivity contribution is 7.24. The molecule has 0 aliphatic heterocycles. The molecule has 0 N–H and O–H groups in total. The number of benzene rings is 2. The molecule has 3 heterocycles. The maximum absolute atomic E-state index is 13.2. The van der Waals surface area contributed by atoms with Crippen molar-refractivity contribution in [2.24, 2.45) is 0 Å². The molecule has 27 heavy (non-hydrogen) atoms. The van der Waals surface area contributed by atoms with Crippen LogP contribution in [0.5, 0.6) is 5.88 Å². The highest BCUT2D eigenvalue weighted by atomic mass is 32.1. The van der Waals surface area contributed by atoms with E-state index in [1.165, 1.54) is 6.92 Å². The monoisotopic (exact) mass is 373 g/mol. The number of ketones is 1. The highest BCUT2D eigenvalue weighted by Gasteiger charge is 2.28. The number of thiazole rings is 1. The van der Waals surface area contributed by atoms with Crippen LogP contribution >= 0.6 is 11.3 Å². The fourth-order valence-corrected chi connectivity index (χ4v) is 4.90. The van der Waals surface area contributed by atoms with E-state index in [4.69, 9.17) is 4.98 Å². The van der Waals surface area contributed by atoms with Crippen LogP contribution in [0, 0.1) is 6.92 Å². The molecule has 0 aliphatic rings. The van der Waals surface area contributed by atoms with Crippen molar-refractivity contribution in [2.45, 2.75) is 13.8 Å². The molecule has 0 spiro atoms. The summed E-state index contributed by atoms with van der Waals surface area (Å²) in [5, 5.41) is 13.8. The number of nitrogens with zero attached hydrogens (tertiary/aromatic N) is 3. The number of Topliss-reactive ketones (excluding diaryl/α,β-unsaturated/α-hetero) is 1. The molecule has 0 saturated carbocycles. The Labute approximate surface area is 158 Å². The van der Waals surface area contributed by atoms with E-state index in [1.54, 1.807) is 15.9 Å². The van der Waals surface area contributed by atoms with Crippen LogP contribution in [0.1, 0.15) is 23.1 Å². The third kappa shape index (κ3) is 2.13. The number of fused-ring (bicyclic) bond motifs is 5. The first-order chi connectivity index (χ1) is 13.1. The Morgan fingerprint density at radius 3 is 2.56 bits per heavy atom. The number of para-hydroxylation sites is 2. The van der Waals surface area contributed by atoms with Crippen molar-refractivity contribution in [1.82, 2.24) is 9.55 Å². The molecule has 0 bridgehead atoms. The number of aryl methyl sites for hydroxylation is 1. The fraction of sp³-hybridized carbons (Fsp3) is 0.0952. The van der Waals surface area contributed by atoms with Gasteiger partial charge in [-0.05, 0) is 42.1 Å². The quantitative estimate of drug-likeness (QED) is 0.351. The smallest absolute Gasteiger partial charge is 0.304 e. The molecule has 6 heteroatoms. The van der Waals surface area contributed by atoms with Gasteiger partial charge < -0.3 is 5.11 Å². The summed E-state index contributed by atoms with van der Waals surface area (Å²) in [6.07, 6.45) is 0. The predicted molar refractivity (Wildman–Crippen MR) is 104 cm³/mol. The van der Waals surface area contributed by atoms with Gasteiger partial charge in [0.25, 0.3) is 5.65 Å². The first kappa shape index (κ1) is 16.0. The van der Waals surface area contributed by atoms with E-state index in [2.05, 4.69) is 0 Å². The largest absolute Gasteiger partial charge is 0.859 e. The molecule has 5 nitrogen and oxygen atoms in total. The zero-order valence-corrected chi connectivity index (χ0v) is 15.6. The normalized spacial score (nSPS) is 11.6. The highest BCUT2D eigenvalue weighted by Crippen LogP contribution is 2.36. The van der Waals surface area contributed by atoms with E-state index in [0.717, 1.165) is 20.9 Å². The van der Waals surface area contributed by atoms with E-state index < -0.39 is 0 Å². The Bertz CT molecular complexity index is 1370. The Kier molecular flexibility index (Phi) is 3.32. The number of aromatic nitrogens is 3. The molecule has 0 atom stereocenters. The van der Waals surface area contributed by atoms with Crippen molar-refractivity contribution in [2.75, 3.05) is 0 Å². The fourth-order valence-electron chi connectivity index (χ4n) is 3.66. The lowest BCUT2D eigenvalue weighted by Gasteiger charge is -2.12. The van der Waals surface area contributed by atoms with Gasteiger partial charge in [0.1, 0.15) is 5.39 Å². The van der Waals surface area contributed by atoms with Crippen LogP contribution in [0.15, 0.2) is 54.6 Å². The van der Waals surface area contributed by atoms with E-state index in [-0.39, 0.29) is 17.2 Å². The van der Waals surface area contributed by atoms with Crippen LogP contribution in [-0.4, -0.2) is 15.3 Å². The summed E-state index contributed by atoms with van der Waals surface area (Å²) < 4.78 is 4.66. The second-order valence-electron chi connectivity index (χ2n) is 6.48. The Morgan fingerprint density at radius 2 is 1.81 bits per heavy atom. The van der Waals surface area contributed by atoms with Crippen molar-refractivity contribution in [3.63, 3.8) is 0 Å². The van der Waals surface area contributed by atoms with Crippen LogP contribution in [0.3, 0.4) is 0 Å². The number of rotatable bonds is 2. The van der Waals surface area contributed by atoms with Gasteiger partial charge >= 0.3 is 5.82 Å². The van der Waals surface area contributed by atoms with E-state index in [9.17, 15) is 9.90 Å². The van der Waals surface area contributed by atoms with Gasteiger partial charge in [-0.2, -0.15) is 4.40 Å². The minimum absolute atomic E-state index is 0.199. The van der Waals surface area contributed by atoms with Crippen molar-refractivity contribution >= 4 is 43.2 Å². The molecule has 5 rings (SSSR count). The van der Waals surface area contributed by atoms with Gasteiger partial charge in [0.15, 0.2) is 11.3 Å². The van der Waals surface area contributed by atoms with Crippen molar-refractivity contribution in [3.05, 3.63) is 66.0 Å². The maximum atomic E-state index is 13.2. The molecule has 0 unspecified atom stereocenters. The van der Waals surface area contributed by atoms with Crippen LogP contribution in [0.25, 0.3) is 31.8 Å². The summed E-state index contributed by atoms with van der Waals surface area (Å²) in [6.45, 7) is 3.36. The Balaban J connectivity index is 2.06. The van der Waals surface area contributed by atoms with Crippen LogP contribution in [-0.2, 0) is 0 Å². The minimum Gasteiger partial charge on any atom is -0.859 e. The van der Waals surface area contributed by atoms with Gasteiger partial charge in [-0.15, -0.1) is 0 Å². The summed E-state index contributed by atoms with van der Waals surface area (Å²) in [5.41, 5.74) is 2.46. The lowest BCUT2D eigenvalue weighted by Crippen LogP contribution is -2.25. The topological polar surface area (TPSA) is 62.0 Å². The van der Waals surface area contributed by atoms with Crippen LogP contribution in [0.4, 0.5) is 0 Å². The molecular formula is C21H15N3O2S. The number of carbonyl (C=O) groups is 1. The maximum Gasteiger partial charge on any atom is 0.304 e. The van der Waals surface area contributed by atoms with Crippen molar-refractivity contribution < 1.29 is 14.3 Å². The zero-order chi connectivity index (χ0) is 18.7. The molecule has 132 valence electrons. The van der Waals surface area contributed by atoms with Crippen LogP contribution < -0.4 is 9.51 Å². The molecule has 2 aromatic carbocycles. The average Bonchev–Trinajstić information content (AvgIpc) is 3.18. The van der Waals surface area contributed by atoms with E-state index in [1.807, 2.05) is 65.9 Å². The molecular weight excluding hydrogens is 358 g/mol. The summed E-state index contributed by atoms with van der Waals surface area (Å²) in [5.74, 6) is 0.213. The summed E-state index contributed by atoms with van der Waals surface area (Å²) >= 11 is 1.57. The van der Waals surface area contributed by atoms with Gasteiger partial charge in [-0.1, -0.05) is 41.7 Å². The van der Waals surface area contributed by atoms with Crippen LogP contribution in [0.2, 0.25) is 0 Å². The third-order valence-electron chi connectivity index (χ3n) is 4.79. The number of carbonyl (C=O) groups excluding carboxylic acids is 1. The second-order valence-corrected chi connectivity index (χ2v) is 7.51. The molecule has 0 fully saturated rings. The standard InChI is InChI=1S/C21H15N3O2S/c1-12(25)17-18-19(24(20(17)26)14-8-4-3-5-9-14)22-13(2)23-15-10-6-7-11-16(15)27-21(18)23/h3-11H,1-2H3. The Morgan fingerprint density at radius 1 is 1.11 bits per heavy atom. The predicted octanol–water partition coefficient (Wildman–Crippen LogP) is 3.56. The summed E-state index contributed by atoms with van der Waals surface area (Å²) in [6, 6.07) is 17.4. The Hall–Kier alpha value is -3.25. The summed E-state index contributed by atoms with van der Waals surface area (Å²) in [7, 11) is 0. The SMILES string of the molecule is CC(=O)c1c([O-])n(-c2ccccc2)c2nc(C)[n+]3c4ccccc4sc3c12. The van der Waals surface area contributed by atoms with Gasteiger partial charge in [-0.3, -0.25) is 9.36 Å². The lowest BCUT2D eigenvalue weighted by atomic mass is 10.2. The first-order valence-corrected chi connectivity index (χ1v) is 9.41. The van der Waals surface area contributed by atoms with Crippen molar-refractivity contribution in [1.29, 1.82) is 0 Å². The lowest BCUT2D eigenvalue weighted by molar-refractivity contribution is -0.489. The first-order valence-electron chi connectivity index (χ1n) is 8.59. The van der Waals surface area contributed by atoms with Gasteiger partial charge in [0, 0.05) is 18.2 Å².